The molecule has 0 radical (unpaired) electrons. The summed E-state index contributed by atoms with van der Waals surface area (Å²) in [5.74, 6) is 0.583. The van der Waals surface area contributed by atoms with Crippen molar-refractivity contribution >= 4 is 27.6 Å². The topological polar surface area (TPSA) is 136 Å². The third kappa shape index (κ3) is 4.73. The van der Waals surface area contributed by atoms with Crippen molar-refractivity contribution in [2.75, 3.05) is 17.1 Å². The summed E-state index contributed by atoms with van der Waals surface area (Å²) in [5.41, 5.74) is 1.20. The monoisotopic (exact) mass is 451 g/mol. The van der Waals surface area contributed by atoms with Gasteiger partial charge >= 0.3 is 0 Å². The van der Waals surface area contributed by atoms with E-state index in [0.29, 0.717) is 17.2 Å². The van der Waals surface area contributed by atoms with Crippen LogP contribution in [-0.4, -0.2) is 36.6 Å². The zero-order valence-corrected chi connectivity index (χ0v) is 17.5. The van der Waals surface area contributed by atoms with Gasteiger partial charge in [-0.15, -0.1) is 0 Å². The van der Waals surface area contributed by atoms with Gasteiger partial charge < -0.3 is 14.6 Å². The first-order valence-corrected chi connectivity index (χ1v) is 10.8. The molecule has 2 aromatic carbocycles. The molecule has 4 rings (SSSR count). The molecule has 0 saturated carbocycles. The van der Waals surface area contributed by atoms with Crippen molar-refractivity contribution < 1.29 is 22.5 Å². The number of ether oxygens (including phenoxy) is 1. The van der Waals surface area contributed by atoms with Gasteiger partial charge in [0.2, 0.25) is 5.95 Å². The molecule has 11 heteroatoms. The minimum Gasteiger partial charge on any atom is -0.497 e. The van der Waals surface area contributed by atoms with E-state index in [1.807, 2.05) is 0 Å². The van der Waals surface area contributed by atoms with Crippen molar-refractivity contribution in [3.8, 4) is 17.1 Å². The van der Waals surface area contributed by atoms with E-state index in [1.165, 1.54) is 42.7 Å². The maximum atomic E-state index is 12.5. The number of nitrogens with one attached hydrogen (secondary N) is 2. The Kier molecular flexibility index (Phi) is 5.81. The molecule has 0 spiro atoms. The van der Waals surface area contributed by atoms with Gasteiger partial charge in [0.25, 0.3) is 15.9 Å². The summed E-state index contributed by atoms with van der Waals surface area (Å²) in [5, 5.41) is 6.45. The number of amides is 1. The minimum atomic E-state index is -3.87. The van der Waals surface area contributed by atoms with Gasteiger partial charge in [0.15, 0.2) is 11.5 Å². The second-order valence-electron chi connectivity index (χ2n) is 6.46. The Bertz CT molecular complexity index is 1320. The van der Waals surface area contributed by atoms with Crippen LogP contribution < -0.4 is 14.8 Å². The van der Waals surface area contributed by atoms with E-state index in [4.69, 9.17) is 9.26 Å². The Morgan fingerprint density at radius 2 is 1.69 bits per heavy atom. The number of benzene rings is 2. The van der Waals surface area contributed by atoms with Crippen molar-refractivity contribution in [2.45, 2.75) is 4.90 Å². The summed E-state index contributed by atoms with van der Waals surface area (Å²) in [4.78, 5) is 20.1. The third-order valence-electron chi connectivity index (χ3n) is 4.33. The highest BCUT2D eigenvalue weighted by Gasteiger charge is 2.17. The lowest BCUT2D eigenvalue weighted by Gasteiger charge is -2.07. The van der Waals surface area contributed by atoms with E-state index in [-0.39, 0.29) is 16.5 Å². The molecule has 4 aromatic rings. The number of sulfonamides is 1. The van der Waals surface area contributed by atoms with Crippen molar-refractivity contribution in [1.82, 2.24) is 15.1 Å². The molecular formula is C21H17N5O5S. The lowest BCUT2D eigenvalue weighted by atomic mass is 10.1. The fraction of sp³-hybridized carbons (Fsp3) is 0.0476. The van der Waals surface area contributed by atoms with Gasteiger partial charge in [-0.1, -0.05) is 5.16 Å². The van der Waals surface area contributed by atoms with Gasteiger partial charge in [0.05, 0.1) is 12.0 Å². The summed E-state index contributed by atoms with van der Waals surface area (Å²) < 4.78 is 37.5. The second-order valence-corrected chi connectivity index (χ2v) is 8.14. The smallest absolute Gasteiger partial charge is 0.277 e. The summed E-state index contributed by atoms with van der Waals surface area (Å²) >= 11 is 0. The fourth-order valence-electron chi connectivity index (χ4n) is 2.72. The number of aromatic nitrogens is 3. The number of carbonyl (C=O) groups is 1. The standard InChI is InChI=1S/C21H17N5O5S/c1-30-16-7-3-14(4-8-16)19-13-18(25-31-19)20(27)24-15-5-9-17(10-6-15)32(28,29)26-21-22-11-2-12-23-21/h2-13H,1H3,(H,24,27)(H,22,23,26). The SMILES string of the molecule is COc1ccc(-c2cc(C(=O)Nc3ccc(S(=O)(=O)Nc4ncccn4)cc3)no2)cc1. The molecule has 162 valence electrons. The molecular weight excluding hydrogens is 434 g/mol. The van der Waals surface area contributed by atoms with E-state index in [9.17, 15) is 13.2 Å². The fourth-order valence-corrected chi connectivity index (χ4v) is 3.68. The first-order valence-electron chi connectivity index (χ1n) is 9.27. The predicted octanol–water partition coefficient (Wildman–Crippen LogP) is 3.19. The first-order chi connectivity index (χ1) is 15.4. The number of hydrogen-bond donors (Lipinski definition) is 2. The van der Waals surface area contributed by atoms with Gasteiger partial charge in [-0.2, -0.15) is 0 Å². The predicted molar refractivity (Wildman–Crippen MR) is 116 cm³/mol. The molecule has 0 saturated heterocycles. The van der Waals surface area contributed by atoms with Crippen molar-refractivity contribution in [3.05, 3.63) is 78.8 Å². The number of hydrogen-bond acceptors (Lipinski definition) is 8. The Balaban J connectivity index is 1.43. The second kappa shape index (κ2) is 8.86. The Morgan fingerprint density at radius 1 is 1.00 bits per heavy atom. The molecule has 0 aliphatic rings. The zero-order chi connectivity index (χ0) is 22.6. The average molecular weight is 451 g/mol. The summed E-state index contributed by atoms with van der Waals surface area (Å²) in [6.07, 6.45) is 2.85. The summed E-state index contributed by atoms with van der Waals surface area (Å²) in [6, 6.07) is 15.8. The maximum absolute atomic E-state index is 12.5. The molecule has 32 heavy (non-hydrogen) atoms. The highest BCUT2D eigenvalue weighted by molar-refractivity contribution is 7.92. The largest absolute Gasteiger partial charge is 0.497 e. The third-order valence-corrected chi connectivity index (χ3v) is 5.68. The molecule has 2 heterocycles. The molecule has 0 atom stereocenters. The molecule has 1 amide bonds. The summed E-state index contributed by atoms with van der Waals surface area (Å²) in [6.45, 7) is 0. The average Bonchev–Trinajstić information content (AvgIpc) is 3.30. The highest BCUT2D eigenvalue weighted by Crippen LogP contribution is 2.24. The number of anilines is 2. The number of methoxy groups -OCH3 is 1. The lowest BCUT2D eigenvalue weighted by Crippen LogP contribution is -2.15. The Hall–Kier alpha value is -4.25. The van der Waals surface area contributed by atoms with Crippen molar-refractivity contribution in [2.24, 2.45) is 0 Å². The van der Waals surface area contributed by atoms with Crippen LogP contribution in [0.15, 0.2) is 82.5 Å². The van der Waals surface area contributed by atoms with Gasteiger partial charge in [0.1, 0.15) is 5.75 Å². The van der Waals surface area contributed by atoms with Crippen LogP contribution in [0.5, 0.6) is 5.75 Å². The molecule has 2 N–H and O–H groups in total. The van der Waals surface area contributed by atoms with Crippen LogP contribution >= 0.6 is 0 Å². The highest BCUT2D eigenvalue weighted by atomic mass is 32.2. The van der Waals surface area contributed by atoms with Gasteiger partial charge in [-0.05, 0) is 54.6 Å². The summed E-state index contributed by atoms with van der Waals surface area (Å²) in [7, 11) is -2.30. The van der Waals surface area contributed by atoms with E-state index in [0.717, 1.165) is 5.56 Å². The zero-order valence-electron chi connectivity index (χ0n) is 16.7. The van der Waals surface area contributed by atoms with E-state index in [2.05, 4.69) is 25.2 Å². The molecule has 2 aromatic heterocycles. The number of nitrogens with zero attached hydrogens (tertiary/aromatic N) is 3. The van der Waals surface area contributed by atoms with Crippen LogP contribution in [0, 0.1) is 0 Å². The van der Waals surface area contributed by atoms with Crippen LogP contribution in [0.3, 0.4) is 0 Å². The van der Waals surface area contributed by atoms with Gasteiger partial charge in [-0.25, -0.2) is 23.1 Å². The quantitative estimate of drug-likeness (QED) is 0.437. The van der Waals surface area contributed by atoms with Crippen LogP contribution in [0.25, 0.3) is 11.3 Å². The number of rotatable bonds is 7. The Labute approximate surface area is 183 Å². The first kappa shape index (κ1) is 21.0. The van der Waals surface area contributed by atoms with Crippen LogP contribution in [0.2, 0.25) is 0 Å². The Morgan fingerprint density at radius 3 is 2.34 bits per heavy atom. The van der Waals surface area contributed by atoms with E-state index in [1.54, 1.807) is 37.4 Å². The normalized spacial score (nSPS) is 11.0. The van der Waals surface area contributed by atoms with E-state index < -0.39 is 15.9 Å². The van der Waals surface area contributed by atoms with Crippen molar-refractivity contribution in [1.29, 1.82) is 0 Å². The van der Waals surface area contributed by atoms with Gasteiger partial charge in [0, 0.05) is 29.7 Å². The van der Waals surface area contributed by atoms with Crippen LogP contribution in [0.4, 0.5) is 11.6 Å². The molecule has 0 aliphatic carbocycles. The van der Waals surface area contributed by atoms with Gasteiger partial charge in [-0.3, -0.25) is 4.79 Å². The lowest BCUT2D eigenvalue weighted by molar-refractivity contribution is 0.101. The number of carbonyl (C=O) groups excluding carboxylic acids is 1. The molecule has 0 unspecified atom stereocenters. The van der Waals surface area contributed by atoms with E-state index >= 15 is 0 Å². The molecule has 0 fully saturated rings. The molecule has 10 nitrogen and oxygen atoms in total. The minimum absolute atomic E-state index is 0.00817. The molecule has 0 bridgehead atoms. The van der Waals surface area contributed by atoms with Crippen molar-refractivity contribution in [3.63, 3.8) is 0 Å². The maximum Gasteiger partial charge on any atom is 0.277 e. The van der Waals surface area contributed by atoms with Crippen LogP contribution in [0.1, 0.15) is 10.5 Å². The van der Waals surface area contributed by atoms with Crippen LogP contribution in [-0.2, 0) is 10.0 Å². The molecule has 0 aliphatic heterocycles.